The maximum Gasteiger partial charge on any atom is 0.137 e. The molecule has 0 spiro atoms. The van der Waals surface area contributed by atoms with Crippen LogP contribution in [0.1, 0.15) is 11.7 Å². The molecule has 0 saturated heterocycles. The fourth-order valence-corrected chi connectivity index (χ4v) is 1.33. The Morgan fingerprint density at radius 2 is 2.07 bits per heavy atom. The summed E-state index contributed by atoms with van der Waals surface area (Å²) >= 11 is 0. The van der Waals surface area contributed by atoms with Gasteiger partial charge in [-0.05, 0) is 17.7 Å². The number of hydrogen-bond acceptors (Lipinski definition) is 4. The van der Waals surface area contributed by atoms with Gasteiger partial charge in [0.1, 0.15) is 12.7 Å². The van der Waals surface area contributed by atoms with E-state index in [4.69, 9.17) is 5.73 Å². The first-order valence-electron chi connectivity index (χ1n) is 4.61. The third-order valence-corrected chi connectivity index (χ3v) is 2.15. The number of aromatic nitrogens is 3. The van der Waals surface area contributed by atoms with Gasteiger partial charge in [-0.25, -0.2) is 4.98 Å². The van der Waals surface area contributed by atoms with Crippen molar-refractivity contribution in [1.82, 2.24) is 14.8 Å². The van der Waals surface area contributed by atoms with Crippen molar-refractivity contribution in [3.63, 3.8) is 0 Å². The van der Waals surface area contributed by atoms with Crippen LogP contribution in [0.4, 0.5) is 5.69 Å². The zero-order valence-electron chi connectivity index (χ0n) is 8.11. The van der Waals surface area contributed by atoms with E-state index in [1.54, 1.807) is 35.3 Å². The Labute approximate surface area is 87.2 Å². The Hall–Kier alpha value is -1.88. The molecule has 0 radical (unpaired) electrons. The highest BCUT2D eigenvalue weighted by Crippen LogP contribution is 2.15. The predicted molar refractivity (Wildman–Crippen MR) is 55.8 cm³/mol. The van der Waals surface area contributed by atoms with Crippen molar-refractivity contribution in [1.29, 1.82) is 0 Å². The summed E-state index contributed by atoms with van der Waals surface area (Å²) in [4.78, 5) is 3.80. The lowest BCUT2D eigenvalue weighted by molar-refractivity contribution is 0.151. The van der Waals surface area contributed by atoms with E-state index in [2.05, 4.69) is 10.1 Å². The molecule has 15 heavy (non-hydrogen) atoms. The Morgan fingerprint density at radius 1 is 1.33 bits per heavy atom. The molecule has 3 N–H and O–H groups in total. The van der Waals surface area contributed by atoms with Crippen LogP contribution in [0, 0.1) is 0 Å². The number of benzene rings is 1. The maximum atomic E-state index is 9.85. The number of nitrogen functional groups attached to an aromatic ring is 1. The molecule has 1 aromatic heterocycles. The van der Waals surface area contributed by atoms with Gasteiger partial charge in [-0.3, -0.25) is 4.68 Å². The topological polar surface area (TPSA) is 77.0 Å². The van der Waals surface area contributed by atoms with Gasteiger partial charge >= 0.3 is 0 Å². The number of anilines is 1. The molecule has 5 heteroatoms. The summed E-state index contributed by atoms with van der Waals surface area (Å²) in [5, 5.41) is 13.8. The van der Waals surface area contributed by atoms with Crippen molar-refractivity contribution in [2.75, 3.05) is 5.73 Å². The second kappa shape index (κ2) is 4.10. The van der Waals surface area contributed by atoms with Crippen LogP contribution in [0.2, 0.25) is 0 Å². The van der Waals surface area contributed by atoms with Crippen molar-refractivity contribution < 1.29 is 5.11 Å². The third-order valence-electron chi connectivity index (χ3n) is 2.15. The van der Waals surface area contributed by atoms with Crippen LogP contribution >= 0.6 is 0 Å². The molecule has 0 saturated carbocycles. The normalized spacial score (nSPS) is 12.6. The van der Waals surface area contributed by atoms with E-state index >= 15 is 0 Å². The van der Waals surface area contributed by atoms with Crippen molar-refractivity contribution in [3.05, 3.63) is 42.5 Å². The highest BCUT2D eigenvalue weighted by molar-refractivity contribution is 5.39. The second-order valence-corrected chi connectivity index (χ2v) is 3.30. The van der Waals surface area contributed by atoms with Gasteiger partial charge in [-0.1, -0.05) is 12.1 Å². The molecule has 5 nitrogen and oxygen atoms in total. The molecule has 0 aliphatic carbocycles. The Bertz CT molecular complexity index is 409. The van der Waals surface area contributed by atoms with Gasteiger partial charge in [0.15, 0.2) is 0 Å². The van der Waals surface area contributed by atoms with Crippen LogP contribution in [0.25, 0.3) is 0 Å². The molecule has 0 fully saturated rings. The molecule has 2 rings (SSSR count). The number of nitrogens with zero attached hydrogens (tertiary/aromatic N) is 3. The summed E-state index contributed by atoms with van der Waals surface area (Å²) in [6.07, 6.45) is 2.42. The minimum absolute atomic E-state index is 0.393. The molecule has 1 atom stereocenters. The minimum atomic E-state index is -0.590. The molecule has 0 amide bonds. The zero-order valence-corrected chi connectivity index (χ0v) is 8.11. The summed E-state index contributed by atoms with van der Waals surface area (Å²) in [5.41, 5.74) is 7.06. The van der Waals surface area contributed by atoms with Crippen molar-refractivity contribution in [2.45, 2.75) is 12.6 Å². The van der Waals surface area contributed by atoms with Crippen LogP contribution < -0.4 is 5.73 Å². The van der Waals surface area contributed by atoms with Crippen LogP contribution in [0.3, 0.4) is 0 Å². The highest BCUT2D eigenvalue weighted by atomic mass is 16.3. The SMILES string of the molecule is Nc1ccc([C@@H](O)Cn2cncn2)cc1. The first kappa shape index (κ1) is 9.67. The summed E-state index contributed by atoms with van der Waals surface area (Å²) in [5.74, 6) is 0. The van der Waals surface area contributed by atoms with Gasteiger partial charge in [-0.15, -0.1) is 0 Å². The van der Waals surface area contributed by atoms with E-state index in [9.17, 15) is 5.11 Å². The molecular weight excluding hydrogens is 192 g/mol. The monoisotopic (exact) mass is 204 g/mol. The number of aliphatic hydroxyl groups is 1. The smallest absolute Gasteiger partial charge is 0.137 e. The van der Waals surface area contributed by atoms with Crippen LogP contribution in [0.15, 0.2) is 36.9 Å². The lowest BCUT2D eigenvalue weighted by atomic mass is 10.1. The molecule has 0 aliphatic heterocycles. The quantitative estimate of drug-likeness (QED) is 0.717. The summed E-state index contributed by atoms with van der Waals surface area (Å²) < 4.78 is 1.58. The highest BCUT2D eigenvalue weighted by Gasteiger charge is 2.07. The largest absolute Gasteiger partial charge is 0.399 e. The zero-order chi connectivity index (χ0) is 10.7. The van der Waals surface area contributed by atoms with E-state index in [1.165, 1.54) is 6.33 Å². The maximum absolute atomic E-state index is 9.85. The number of rotatable bonds is 3. The number of aliphatic hydroxyl groups excluding tert-OH is 1. The van der Waals surface area contributed by atoms with E-state index in [0.29, 0.717) is 12.2 Å². The predicted octanol–water partition coefficient (Wildman–Crippen LogP) is 0.594. The first-order valence-corrected chi connectivity index (χ1v) is 4.61. The number of nitrogens with two attached hydrogens (primary N) is 1. The lowest BCUT2D eigenvalue weighted by Gasteiger charge is -2.10. The minimum Gasteiger partial charge on any atom is -0.399 e. The van der Waals surface area contributed by atoms with Crippen molar-refractivity contribution in [3.8, 4) is 0 Å². The van der Waals surface area contributed by atoms with E-state index < -0.39 is 6.10 Å². The molecule has 0 unspecified atom stereocenters. The van der Waals surface area contributed by atoms with Gasteiger partial charge in [-0.2, -0.15) is 5.10 Å². The van der Waals surface area contributed by atoms with Crippen molar-refractivity contribution >= 4 is 5.69 Å². The van der Waals surface area contributed by atoms with Crippen molar-refractivity contribution in [2.24, 2.45) is 0 Å². The second-order valence-electron chi connectivity index (χ2n) is 3.30. The first-order chi connectivity index (χ1) is 7.25. The Balaban J connectivity index is 2.08. The fourth-order valence-electron chi connectivity index (χ4n) is 1.33. The van der Waals surface area contributed by atoms with Gasteiger partial charge in [0, 0.05) is 5.69 Å². The molecule has 78 valence electrons. The summed E-state index contributed by atoms with van der Waals surface area (Å²) in [6, 6.07) is 7.13. The summed E-state index contributed by atoms with van der Waals surface area (Å²) in [7, 11) is 0. The molecule has 1 heterocycles. The van der Waals surface area contributed by atoms with Gasteiger partial charge in [0.05, 0.1) is 12.6 Å². The van der Waals surface area contributed by atoms with E-state index in [-0.39, 0.29) is 0 Å². The average molecular weight is 204 g/mol. The van der Waals surface area contributed by atoms with Crippen LogP contribution in [-0.4, -0.2) is 19.9 Å². The molecule has 2 aromatic rings. The molecule has 0 bridgehead atoms. The van der Waals surface area contributed by atoms with E-state index in [1.807, 2.05) is 0 Å². The van der Waals surface area contributed by atoms with Crippen LogP contribution in [-0.2, 0) is 6.54 Å². The standard InChI is InChI=1S/C10H12N4O/c11-9-3-1-8(2-4-9)10(15)5-14-7-12-6-13-14/h1-4,6-7,10,15H,5,11H2/t10-/m0/s1. The van der Waals surface area contributed by atoms with Gasteiger partial charge in [0.25, 0.3) is 0 Å². The molecular formula is C10H12N4O. The molecule has 0 aliphatic rings. The van der Waals surface area contributed by atoms with Crippen LogP contribution in [0.5, 0.6) is 0 Å². The Kier molecular flexibility index (Phi) is 2.64. The average Bonchev–Trinajstić information content (AvgIpc) is 2.71. The lowest BCUT2D eigenvalue weighted by Crippen LogP contribution is -2.09. The summed E-state index contributed by atoms with van der Waals surface area (Å²) in [6.45, 7) is 0.393. The third kappa shape index (κ3) is 2.32. The fraction of sp³-hybridized carbons (Fsp3) is 0.200. The molecule has 1 aromatic carbocycles. The van der Waals surface area contributed by atoms with Gasteiger partial charge in [0.2, 0.25) is 0 Å². The number of hydrogen-bond donors (Lipinski definition) is 2. The van der Waals surface area contributed by atoms with E-state index in [0.717, 1.165) is 5.56 Å². The Morgan fingerprint density at radius 3 is 2.67 bits per heavy atom. The van der Waals surface area contributed by atoms with Gasteiger partial charge < -0.3 is 10.8 Å².